The van der Waals surface area contributed by atoms with Crippen LogP contribution in [0.5, 0.6) is 0 Å². The Morgan fingerprint density at radius 1 is 0.541 bits per heavy atom. The molecule has 4 rings (SSSR count). The van der Waals surface area contributed by atoms with Crippen LogP contribution in [0, 0.1) is 0 Å². The van der Waals surface area contributed by atoms with Gasteiger partial charge in [0.1, 0.15) is 0 Å². The molecule has 2 atom stereocenters. The number of hydrogen-bond acceptors (Lipinski definition) is 4. The fraction of sp³-hybridized carbons (Fsp3) is 0.125. The lowest BCUT2D eigenvalue weighted by Gasteiger charge is -2.18. The van der Waals surface area contributed by atoms with E-state index in [1.54, 1.807) is 36.4 Å². The third-order valence-corrected chi connectivity index (χ3v) is 7.96. The van der Waals surface area contributed by atoms with E-state index in [9.17, 15) is 8.42 Å². The molecule has 0 heterocycles. The van der Waals surface area contributed by atoms with Crippen LogP contribution in [-0.2, 0) is 22.7 Å². The molecule has 37 heavy (non-hydrogen) atoms. The van der Waals surface area contributed by atoms with E-state index >= 15 is 0 Å². The smallest absolute Gasteiger partial charge is 0.207 e. The van der Waals surface area contributed by atoms with Crippen LogP contribution in [0.4, 0.5) is 0 Å². The first-order valence-electron chi connectivity index (χ1n) is 12.3. The van der Waals surface area contributed by atoms with Crippen LogP contribution in [0.1, 0.15) is 22.3 Å². The quantitative estimate of drug-likeness (QED) is 0.291. The highest BCUT2D eigenvalue weighted by Crippen LogP contribution is 2.34. The maximum atomic E-state index is 14.4. The summed E-state index contributed by atoms with van der Waals surface area (Å²) in [4.78, 5) is 0.358. The van der Waals surface area contributed by atoms with E-state index in [1.165, 1.54) is 0 Å². The van der Waals surface area contributed by atoms with Gasteiger partial charge in [-0.15, -0.1) is 0 Å². The molecule has 0 aromatic heterocycles. The average Bonchev–Trinajstić information content (AvgIpc) is 2.92. The number of sulfone groups is 1. The fourth-order valence-corrected chi connectivity index (χ4v) is 6.12. The second-order valence-corrected chi connectivity index (χ2v) is 10.9. The largest absolute Gasteiger partial charge is 0.324 e. The Kier molecular flexibility index (Phi) is 8.86. The molecule has 4 aromatic rings. The predicted molar refractivity (Wildman–Crippen MR) is 154 cm³/mol. The van der Waals surface area contributed by atoms with Gasteiger partial charge < -0.3 is 11.5 Å². The zero-order valence-electron chi connectivity index (χ0n) is 20.7. The number of nitrogens with two attached hydrogens (primary N) is 2. The molecule has 0 saturated carbocycles. The van der Waals surface area contributed by atoms with Crippen molar-refractivity contribution in [3.8, 4) is 0 Å². The molecule has 0 aliphatic heterocycles. The van der Waals surface area contributed by atoms with Gasteiger partial charge in [0, 0.05) is 12.1 Å². The Morgan fingerprint density at radius 2 is 0.838 bits per heavy atom. The molecular formula is C32H32N2O2S. The average molecular weight is 509 g/mol. The molecule has 0 saturated heterocycles. The van der Waals surface area contributed by atoms with Crippen LogP contribution >= 0.6 is 0 Å². The van der Waals surface area contributed by atoms with Gasteiger partial charge in [0.2, 0.25) is 9.84 Å². The van der Waals surface area contributed by atoms with E-state index in [2.05, 4.69) is 0 Å². The molecule has 0 amide bonds. The van der Waals surface area contributed by atoms with Gasteiger partial charge in [-0.25, -0.2) is 8.42 Å². The van der Waals surface area contributed by atoms with Gasteiger partial charge in [0.25, 0.3) is 0 Å². The van der Waals surface area contributed by atoms with Crippen LogP contribution in [0.2, 0.25) is 0 Å². The first-order chi connectivity index (χ1) is 17.9. The van der Waals surface area contributed by atoms with Crippen LogP contribution in [0.15, 0.2) is 133 Å². The topological polar surface area (TPSA) is 86.2 Å². The lowest BCUT2D eigenvalue weighted by Crippen LogP contribution is -2.23. The monoisotopic (exact) mass is 508 g/mol. The van der Waals surface area contributed by atoms with E-state index in [1.807, 2.05) is 97.1 Å². The Bertz CT molecular complexity index is 1330. The summed E-state index contributed by atoms with van der Waals surface area (Å²) in [6.07, 6.45) is 4.36. The molecular weight excluding hydrogens is 476 g/mol. The zero-order chi connectivity index (χ0) is 26.1. The van der Waals surface area contributed by atoms with Crippen molar-refractivity contribution < 1.29 is 8.42 Å². The fourth-order valence-electron chi connectivity index (χ4n) is 4.28. The minimum Gasteiger partial charge on any atom is -0.324 e. The summed E-state index contributed by atoms with van der Waals surface area (Å²) in [5.41, 5.74) is 16.3. The molecule has 4 aromatic carbocycles. The van der Waals surface area contributed by atoms with Crippen molar-refractivity contribution in [1.82, 2.24) is 0 Å². The Labute approximate surface area is 219 Å². The second-order valence-electron chi connectivity index (χ2n) is 9.00. The summed E-state index contributed by atoms with van der Waals surface area (Å²) in [6, 6.07) is 36.9. The first-order valence-corrected chi connectivity index (χ1v) is 13.8. The Balaban J connectivity index is 1.78. The molecule has 4 N–H and O–H groups in total. The van der Waals surface area contributed by atoms with Gasteiger partial charge in [0.15, 0.2) is 0 Å². The van der Waals surface area contributed by atoms with Gasteiger partial charge in [-0.1, -0.05) is 121 Å². The summed E-state index contributed by atoms with van der Waals surface area (Å²) in [7, 11) is -3.98. The number of hydrogen-bond donors (Lipinski definition) is 2. The van der Waals surface area contributed by atoms with Gasteiger partial charge in [0.05, 0.1) is 9.81 Å². The molecule has 5 heteroatoms. The van der Waals surface area contributed by atoms with Crippen molar-refractivity contribution >= 4 is 19.6 Å². The van der Waals surface area contributed by atoms with Crippen molar-refractivity contribution in [3.05, 3.63) is 156 Å². The predicted octanol–water partition coefficient (Wildman–Crippen LogP) is 5.62. The number of rotatable bonds is 10. The van der Waals surface area contributed by atoms with E-state index < -0.39 is 21.9 Å². The van der Waals surface area contributed by atoms with Gasteiger partial charge in [-0.3, -0.25) is 0 Å². The molecule has 188 valence electrons. The standard InChI is InChI=1S/C32H32N2O2S/c33-29(21-25-13-5-1-6-14-25)23-31(27-17-9-3-10-18-27)37(35,36)32(28-19-11-4-12-20-28)24-30(34)22-26-15-7-2-8-16-26/h1-20,23-24,29-30H,21-22,33-34H2/t29-,30-/m1/s1. The minimum absolute atomic E-state index is 0.179. The van der Waals surface area contributed by atoms with Crippen LogP contribution < -0.4 is 11.5 Å². The van der Waals surface area contributed by atoms with Crippen LogP contribution in [-0.4, -0.2) is 20.5 Å². The molecule has 0 bridgehead atoms. The maximum absolute atomic E-state index is 14.4. The van der Waals surface area contributed by atoms with Crippen molar-refractivity contribution in [2.24, 2.45) is 11.5 Å². The molecule has 4 nitrogen and oxygen atoms in total. The molecule has 0 aliphatic rings. The van der Waals surface area contributed by atoms with Crippen LogP contribution in [0.25, 0.3) is 9.81 Å². The number of benzene rings is 4. The van der Waals surface area contributed by atoms with E-state index in [0.29, 0.717) is 24.0 Å². The third-order valence-electron chi connectivity index (χ3n) is 6.06. The minimum atomic E-state index is -3.98. The molecule has 0 unspecified atom stereocenters. The summed E-state index contributed by atoms with van der Waals surface area (Å²) in [5.74, 6) is 0. The highest BCUT2D eigenvalue weighted by molar-refractivity contribution is 8.09. The lowest BCUT2D eigenvalue weighted by molar-refractivity contribution is 0.614. The van der Waals surface area contributed by atoms with E-state index in [-0.39, 0.29) is 9.81 Å². The summed E-state index contributed by atoms with van der Waals surface area (Å²) in [5, 5.41) is 0. The first kappa shape index (κ1) is 26.3. The summed E-state index contributed by atoms with van der Waals surface area (Å²) in [6.45, 7) is 0. The van der Waals surface area contributed by atoms with Crippen molar-refractivity contribution in [2.45, 2.75) is 24.9 Å². The van der Waals surface area contributed by atoms with E-state index in [4.69, 9.17) is 11.5 Å². The molecule has 0 radical (unpaired) electrons. The highest BCUT2D eigenvalue weighted by atomic mass is 32.2. The van der Waals surface area contributed by atoms with Crippen LogP contribution in [0.3, 0.4) is 0 Å². The second kappa shape index (κ2) is 12.5. The van der Waals surface area contributed by atoms with Crippen molar-refractivity contribution in [3.63, 3.8) is 0 Å². The summed E-state index contributed by atoms with van der Waals surface area (Å²) < 4.78 is 28.7. The van der Waals surface area contributed by atoms with Gasteiger partial charge in [-0.2, -0.15) is 0 Å². The highest BCUT2D eigenvalue weighted by Gasteiger charge is 2.27. The zero-order valence-corrected chi connectivity index (χ0v) is 21.5. The molecule has 0 fully saturated rings. The Hall–Kier alpha value is -3.77. The summed E-state index contributed by atoms with van der Waals surface area (Å²) >= 11 is 0. The SMILES string of the molecule is N[C@@H](C=C(c1ccccc1)S(=O)(=O)C(=C[C@H](N)Cc1ccccc1)c1ccccc1)Cc1ccccc1. The van der Waals surface area contributed by atoms with Crippen molar-refractivity contribution in [2.75, 3.05) is 0 Å². The maximum Gasteiger partial charge on any atom is 0.207 e. The van der Waals surface area contributed by atoms with E-state index in [0.717, 1.165) is 11.1 Å². The third kappa shape index (κ3) is 7.14. The molecule has 0 spiro atoms. The van der Waals surface area contributed by atoms with Gasteiger partial charge in [-0.05, 0) is 47.2 Å². The normalized spacial score (nSPS) is 14.2. The van der Waals surface area contributed by atoms with Crippen molar-refractivity contribution in [1.29, 1.82) is 0 Å². The van der Waals surface area contributed by atoms with Gasteiger partial charge >= 0.3 is 0 Å². The lowest BCUT2D eigenvalue weighted by atomic mass is 10.0. The molecule has 0 aliphatic carbocycles. The Morgan fingerprint density at radius 3 is 1.16 bits per heavy atom.